The standard InChI is InChI=1S/C12H7F4N3O/c13-8-2-1-3-9(4-8)18-11-17-5-7(6-20)10(19-11)12(14,15)16/h1-6H,(H,17,18,19). The van der Waals surface area contributed by atoms with E-state index in [1.54, 1.807) is 0 Å². The monoisotopic (exact) mass is 285 g/mol. The molecule has 4 nitrogen and oxygen atoms in total. The van der Waals surface area contributed by atoms with Crippen molar-refractivity contribution < 1.29 is 22.4 Å². The fourth-order valence-corrected chi connectivity index (χ4v) is 1.46. The summed E-state index contributed by atoms with van der Waals surface area (Å²) < 4.78 is 51.0. The van der Waals surface area contributed by atoms with Gasteiger partial charge in [-0.1, -0.05) is 6.07 Å². The van der Waals surface area contributed by atoms with Gasteiger partial charge < -0.3 is 5.32 Å². The minimum atomic E-state index is -4.78. The number of hydrogen-bond acceptors (Lipinski definition) is 4. The van der Waals surface area contributed by atoms with Gasteiger partial charge in [-0.3, -0.25) is 4.79 Å². The molecule has 0 amide bonds. The van der Waals surface area contributed by atoms with Crippen LogP contribution in [-0.4, -0.2) is 16.3 Å². The molecule has 0 unspecified atom stereocenters. The number of benzene rings is 1. The molecule has 8 heteroatoms. The lowest BCUT2D eigenvalue weighted by Crippen LogP contribution is -2.14. The maximum Gasteiger partial charge on any atom is 0.434 e. The number of carbonyl (C=O) groups is 1. The van der Waals surface area contributed by atoms with Crippen molar-refractivity contribution in [2.75, 3.05) is 5.32 Å². The summed E-state index contributed by atoms with van der Waals surface area (Å²) in [5.41, 5.74) is -1.82. The molecule has 20 heavy (non-hydrogen) atoms. The van der Waals surface area contributed by atoms with Gasteiger partial charge in [-0.2, -0.15) is 13.2 Å². The quantitative estimate of drug-likeness (QED) is 0.695. The van der Waals surface area contributed by atoms with Crippen molar-refractivity contribution in [1.29, 1.82) is 0 Å². The number of rotatable bonds is 3. The van der Waals surface area contributed by atoms with E-state index >= 15 is 0 Å². The van der Waals surface area contributed by atoms with Crippen LogP contribution < -0.4 is 5.32 Å². The Hall–Kier alpha value is -2.51. The molecular weight excluding hydrogens is 278 g/mol. The molecule has 0 radical (unpaired) electrons. The van der Waals surface area contributed by atoms with Crippen LogP contribution in [0.5, 0.6) is 0 Å². The minimum Gasteiger partial charge on any atom is -0.324 e. The number of aromatic nitrogens is 2. The summed E-state index contributed by atoms with van der Waals surface area (Å²) in [5, 5.41) is 2.43. The van der Waals surface area contributed by atoms with Crippen LogP contribution in [0.1, 0.15) is 16.1 Å². The predicted octanol–water partition coefficient (Wildman–Crippen LogP) is 3.19. The molecule has 104 valence electrons. The SMILES string of the molecule is O=Cc1cnc(Nc2cccc(F)c2)nc1C(F)(F)F. The van der Waals surface area contributed by atoms with Crippen LogP contribution >= 0.6 is 0 Å². The van der Waals surface area contributed by atoms with E-state index in [2.05, 4.69) is 15.3 Å². The number of aldehydes is 1. The molecule has 0 bridgehead atoms. The fourth-order valence-electron chi connectivity index (χ4n) is 1.46. The minimum absolute atomic E-state index is 0.0226. The van der Waals surface area contributed by atoms with Crippen LogP contribution in [0.3, 0.4) is 0 Å². The van der Waals surface area contributed by atoms with E-state index in [1.807, 2.05) is 0 Å². The van der Waals surface area contributed by atoms with Crippen LogP contribution in [0, 0.1) is 5.82 Å². The van der Waals surface area contributed by atoms with Crippen molar-refractivity contribution in [3.05, 3.63) is 47.5 Å². The Kier molecular flexibility index (Phi) is 3.64. The van der Waals surface area contributed by atoms with Gasteiger partial charge in [0.25, 0.3) is 0 Å². The Balaban J connectivity index is 2.37. The van der Waals surface area contributed by atoms with Gasteiger partial charge in [0.15, 0.2) is 12.0 Å². The second-order valence-corrected chi connectivity index (χ2v) is 3.75. The largest absolute Gasteiger partial charge is 0.434 e. The zero-order valence-electron chi connectivity index (χ0n) is 9.78. The highest BCUT2D eigenvalue weighted by atomic mass is 19.4. The first-order valence-electron chi connectivity index (χ1n) is 5.32. The molecule has 0 aliphatic carbocycles. The van der Waals surface area contributed by atoms with Gasteiger partial charge in [0.05, 0.1) is 5.56 Å². The maximum atomic E-state index is 13.0. The van der Waals surface area contributed by atoms with Crippen molar-refractivity contribution >= 4 is 17.9 Å². The Morgan fingerprint density at radius 3 is 2.60 bits per heavy atom. The van der Waals surface area contributed by atoms with Gasteiger partial charge in [-0.15, -0.1) is 0 Å². The number of nitrogens with one attached hydrogen (secondary N) is 1. The Labute approximate surface area is 110 Å². The van der Waals surface area contributed by atoms with Gasteiger partial charge in [-0.05, 0) is 18.2 Å². The van der Waals surface area contributed by atoms with E-state index in [0.717, 1.165) is 12.3 Å². The zero-order valence-corrected chi connectivity index (χ0v) is 9.78. The second-order valence-electron chi connectivity index (χ2n) is 3.75. The first-order chi connectivity index (χ1) is 9.40. The molecule has 1 aromatic heterocycles. The molecule has 0 fully saturated rings. The first-order valence-corrected chi connectivity index (χ1v) is 5.32. The summed E-state index contributed by atoms with van der Waals surface area (Å²) in [6, 6.07) is 5.07. The highest BCUT2D eigenvalue weighted by Crippen LogP contribution is 2.30. The molecule has 0 saturated heterocycles. The summed E-state index contributed by atoms with van der Waals surface area (Å²) in [7, 11) is 0. The van der Waals surface area contributed by atoms with E-state index in [-0.39, 0.29) is 17.9 Å². The van der Waals surface area contributed by atoms with Gasteiger partial charge in [-0.25, -0.2) is 14.4 Å². The van der Waals surface area contributed by atoms with Gasteiger partial charge in [0, 0.05) is 11.9 Å². The van der Waals surface area contributed by atoms with Crippen LogP contribution in [0.2, 0.25) is 0 Å². The van der Waals surface area contributed by atoms with Gasteiger partial charge in [0.2, 0.25) is 5.95 Å². The van der Waals surface area contributed by atoms with Crippen LogP contribution in [0.15, 0.2) is 30.5 Å². The molecule has 1 aromatic carbocycles. The number of nitrogens with zero attached hydrogens (tertiary/aromatic N) is 2. The molecule has 2 aromatic rings. The summed E-state index contributed by atoms with van der Waals surface area (Å²) >= 11 is 0. The Morgan fingerprint density at radius 2 is 2.00 bits per heavy atom. The van der Waals surface area contributed by atoms with Crippen molar-refractivity contribution in [1.82, 2.24) is 9.97 Å². The average Bonchev–Trinajstić information content (AvgIpc) is 2.37. The molecule has 0 atom stereocenters. The van der Waals surface area contributed by atoms with Crippen LogP contribution in [0.4, 0.5) is 29.2 Å². The molecule has 0 aliphatic heterocycles. The number of carbonyl (C=O) groups excluding carboxylic acids is 1. The Morgan fingerprint density at radius 1 is 1.25 bits per heavy atom. The van der Waals surface area contributed by atoms with E-state index in [0.29, 0.717) is 0 Å². The lowest BCUT2D eigenvalue weighted by molar-refractivity contribution is -0.141. The highest BCUT2D eigenvalue weighted by Gasteiger charge is 2.36. The van der Waals surface area contributed by atoms with E-state index in [4.69, 9.17) is 0 Å². The van der Waals surface area contributed by atoms with Crippen LogP contribution in [-0.2, 0) is 6.18 Å². The normalized spacial score (nSPS) is 11.2. The third kappa shape index (κ3) is 3.08. The van der Waals surface area contributed by atoms with Crippen molar-refractivity contribution in [2.45, 2.75) is 6.18 Å². The number of halogens is 4. The molecule has 0 aliphatic rings. The fraction of sp³-hybridized carbons (Fsp3) is 0.0833. The lowest BCUT2D eigenvalue weighted by Gasteiger charge is -2.10. The topological polar surface area (TPSA) is 54.9 Å². The van der Waals surface area contributed by atoms with Crippen molar-refractivity contribution in [3.63, 3.8) is 0 Å². The first kappa shape index (κ1) is 13.9. The summed E-state index contributed by atoms with van der Waals surface area (Å²) in [6.45, 7) is 0. The number of hydrogen-bond donors (Lipinski definition) is 1. The predicted molar refractivity (Wildman–Crippen MR) is 62.1 cm³/mol. The third-order valence-corrected chi connectivity index (χ3v) is 2.29. The molecule has 0 saturated carbocycles. The molecule has 1 N–H and O–H groups in total. The van der Waals surface area contributed by atoms with E-state index in [1.165, 1.54) is 18.2 Å². The average molecular weight is 285 g/mol. The van der Waals surface area contributed by atoms with E-state index < -0.39 is 23.3 Å². The third-order valence-electron chi connectivity index (χ3n) is 2.29. The molecule has 1 heterocycles. The van der Waals surface area contributed by atoms with E-state index in [9.17, 15) is 22.4 Å². The maximum absolute atomic E-state index is 13.0. The Bertz CT molecular complexity index is 643. The highest BCUT2D eigenvalue weighted by molar-refractivity contribution is 5.76. The molecule has 2 rings (SSSR count). The lowest BCUT2D eigenvalue weighted by atomic mass is 10.2. The van der Waals surface area contributed by atoms with Gasteiger partial charge >= 0.3 is 6.18 Å². The summed E-state index contributed by atoms with van der Waals surface area (Å²) in [6.07, 6.45) is -4.00. The van der Waals surface area contributed by atoms with Gasteiger partial charge in [0.1, 0.15) is 5.82 Å². The zero-order chi connectivity index (χ0) is 14.8. The molecular formula is C12H7F4N3O. The van der Waals surface area contributed by atoms with Crippen molar-refractivity contribution in [3.8, 4) is 0 Å². The summed E-state index contributed by atoms with van der Waals surface area (Å²) in [4.78, 5) is 17.3. The second kappa shape index (κ2) is 5.24. The number of anilines is 2. The number of alkyl halides is 3. The van der Waals surface area contributed by atoms with Crippen LogP contribution in [0.25, 0.3) is 0 Å². The van der Waals surface area contributed by atoms with Crippen molar-refractivity contribution in [2.24, 2.45) is 0 Å². The smallest absolute Gasteiger partial charge is 0.324 e. The molecule has 0 spiro atoms. The summed E-state index contributed by atoms with van der Waals surface area (Å²) in [5.74, 6) is -0.941.